The zero-order valence-corrected chi connectivity index (χ0v) is 10.5. The van der Waals surface area contributed by atoms with Gasteiger partial charge >= 0.3 is 0 Å². The molecule has 0 aliphatic carbocycles. The van der Waals surface area contributed by atoms with Crippen molar-refractivity contribution in [2.45, 2.75) is 51.5 Å². The van der Waals surface area contributed by atoms with E-state index in [2.05, 4.69) is 19.2 Å². The summed E-state index contributed by atoms with van der Waals surface area (Å²) in [6.07, 6.45) is 2.70. The van der Waals surface area contributed by atoms with Crippen LogP contribution in [0.15, 0.2) is 24.3 Å². The Hall–Kier alpha value is -1.06. The minimum Gasteiger partial charge on any atom is -0.392 e. The van der Waals surface area contributed by atoms with Gasteiger partial charge in [0.15, 0.2) is 0 Å². The van der Waals surface area contributed by atoms with E-state index in [9.17, 15) is 0 Å². The van der Waals surface area contributed by atoms with Gasteiger partial charge in [-0.2, -0.15) is 0 Å². The van der Waals surface area contributed by atoms with Crippen molar-refractivity contribution in [3.63, 3.8) is 0 Å². The molecule has 94 valence electrons. The van der Waals surface area contributed by atoms with E-state index in [0.29, 0.717) is 18.2 Å². The molecule has 2 N–H and O–H groups in total. The first-order valence-corrected chi connectivity index (χ1v) is 6.29. The molecule has 1 aliphatic rings. The van der Waals surface area contributed by atoms with E-state index in [4.69, 9.17) is 9.84 Å². The van der Waals surface area contributed by atoms with Crippen molar-refractivity contribution in [2.75, 3.05) is 5.32 Å². The Bertz CT molecular complexity index is 357. The predicted octanol–water partition coefficient (Wildman–Crippen LogP) is 2.55. The van der Waals surface area contributed by atoms with E-state index in [1.807, 2.05) is 24.3 Å². The van der Waals surface area contributed by atoms with Crippen LogP contribution < -0.4 is 5.32 Å². The number of hydrogen-bond donors (Lipinski definition) is 2. The summed E-state index contributed by atoms with van der Waals surface area (Å²) in [4.78, 5) is 0. The zero-order chi connectivity index (χ0) is 12.3. The Morgan fingerprint density at radius 2 is 2.00 bits per heavy atom. The topological polar surface area (TPSA) is 41.5 Å². The van der Waals surface area contributed by atoms with Crippen LogP contribution in [0.3, 0.4) is 0 Å². The van der Waals surface area contributed by atoms with Gasteiger partial charge in [0.2, 0.25) is 0 Å². The summed E-state index contributed by atoms with van der Waals surface area (Å²) < 4.78 is 5.72. The number of aliphatic hydroxyl groups is 1. The number of ether oxygens (including phenoxy) is 1. The molecule has 2 rings (SSSR count). The Morgan fingerprint density at radius 3 is 2.65 bits per heavy atom. The van der Waals surface area contributed by atoms with Crippen molar-refractivity contribution in [3.05, 3.63) is 29.8 Å². The Labute approximate surface area is 103 Å². The highest BCUT2D eigenvalue weighted by Crippen LogP contribution is 2.23. The quantitative estimate of drug-likeness (QED) is 0.846. The summed E-state index contributed by atoms with van der Waals surface area (Å²) in [6.45, 7) is 4.33. The fraction of sp³-hybridized carbons (Fsp3) is 0.571. The number of rotatable bonds is 3. The normalized spacial score (nSPS) is 29.0. The summed E-state index contributed by atoms with van der Waals surface area (Å²) in [5.41, 5.74) is 2.03. The fourth-order valence-corrected chi connectivity index (χ4v) is 2.52. The van der Waals surface area contributed by atoms with E-state index in [0.717, 1.165) is 24.1 Å². The molecule has 1 aromatic rings. The van der Waals surface area contributed by atoms with Gasteiger partial charge in [-0.15, -0.1) is 0 Å². The van der Waals surface area contributed by atoms with Crippen LogP contribution in [0, 0.1) is 0 Å². The van der Waals surface area contributed by atoms with Gasteiger partial charge in [0.05, 0.1) is 18.8 Å². The molecule has 1 aliphatic heterocycles. The number of hydrogen-bond acceptors (Lipinski definition) is 3. The average Bonchev–Trinajstić information content (AvgIpc) is 2.28. The van der Waals surface area contributed by atoms with Crippen LogP contribution in [0.25, 0.3) is 0 Å². The highest BCUT2D eigenvalue weighted by Gasteiger charge is 2.24. The van der Waals surface area contributed by atoms with Crippen molar-refractivity contribution >= 4 is 5.69 Å². The summed E-state index contributed by atoms with van der Waals surface area (Å²) in [5.74, 6) is 0. The fourth-order valence-electron chi connectivity index (χ4n) is 2.52. The van der Waals surface area contributed by atoms with Crippen molar-refractivity contribution in [2.24, 2.45) is 0 Å². The molecule has 1 fully saturated rings. The van der Waals surface area contributed by atoms with E-state index < -0.39 is 0 Å². The van der Waals surface area contributed by atoms with Gasteiger partial charge in [-0.1, -0.05) is 12.1 Å². The SMILES string of the molecule is CC1CC(Nc2cccc(CO)c2)CC(C)O1. The van der Waals surface area contributed by atoms with Gasteiger partial charge in [-0.25, -0.2) is 0 Å². The van der Waals surface area contributed by atoms with Gasteiger partial charge < -0.3 is 15.2 Å². The summed E-state index contributed by atoms with van der Waals surface area (Å²) in [5, 5.41) is 12.6. The van der Waals surface area contributed by atoms with Crippen molar-refractivity contribution in [3.8, 4) is 0 Å². The second-order valence-corrected chi connectivity index (χ2v) is 4.93. The predicted molar refractivity (Wildman–Crippen MR) is 69.0 cm³/mol. The van der Waals surface area contributed by atoms with Gasteiger partial charge in [0, 0.05) is 11.7 Å². The van der Waals surface area contributed by atoms with Crippen LogP contribution in [0.4, 0.5) is 5.69 Å². The van der Waals surface area contributed by atoms with Crippen LogP contribution in [0.5, 0.6) is 0 Å². The van der Waals surface area contributed by atoms with Crippen LogP contribution in [0.2, 0.25) is 0 Å². The third-order valence-electron chi connectivity index (χ3n) is 3.18. The van der Waals surface area contributed by atoms with Crippen LogP contribution in [-0.4, -0.2) is 23.4 Å². The minimum absolute atomic E-state index is 0.0934. The average molecular weight is 235 g/mol. The van der Waals surface area contributed by atoms with Crippen LogP contribution in [0.1, 0.15) is 32.3 Å². The molecule has 1 aromatic carbocycles. The van der Waals surface area contributed by atoms with Gasteiger partial charge in [0.25, 0.3) is 0 Å². The molecule has 2 atom stereocenters. The highest BCUT2D eigenvalue weighted by atomic mass is 16.5. The van der Waals surface area contributed by atoms with E-state index in [1.165, 1.54) is 0 Å². The largest absolute Gasteiger partial charge is 0.392 e. The van der Waals surface area contributed by atoms with Gasteiger partial charge in [-0.05, 0) is 44.4 Å². The van der Waals surface area contributed by atoms with Gasteiger partial charge in [-0.3, -0.25) is 0 Å². The lowest BCUT2D eigenvalue weighted by molar-refractivity contribution is -0.0337. The first-order valence-electron chi connectivity index (χ1n) is 6.29. The molecular formula is C14H21NO2. The molecule has 0 amide bonds. The second-order valence-electron chi connectivity index (χ2n) is 4.93. The molecule has 0 saturated carbocycles. The zero-order valence-electron chi connectivity index (χ0n) is 10.5. The lowest BCUT2D eigenvalue weighted by Crippen LogP contribution is -2.36. The number of aliphatic hydroxyl groups excluding tert-OH is 1. The summed E-state index contributed by atoms with van der Waals surface area (Å²) in [6, 6.07) is 8.41. The minimum atomic E-state index is 0.0934. The van der Waals surface area contributed by atoms with Crippen molar-refractivity contribution < 1.29 is 9.84 Å². The maximum Gasteiger partial charge on any atom is 0.0682 e. The summed E-state index contributed by atoms with van der Waals surface area (Å²) >= 11 is 0. The Morgan fingerprint density at radius 1 is 1.29 bits per heavy atom. The molecule has 17 heavy (non-hydrogen) atoms. The molecule has 0 spiro atoms. The molecule has 1 saturated heterocycles. The van der Waals surface area contributed by atoms with Crippen LogP contribution in [-0.2, 0) is 11.3 Å². The number of anilines is 1. The van der Waals surface area contributed by atoms with E-state index in [-0.39, 0.29) is 6.61 Å². The highest BCUT2D eigenvalue weighted by molar-refractivity contribution is 5.46. The Kier molecular flexibility index (Phi) is 4.02. The van der Waals surface area contributed by atoms with E-state index >= 15 is 0 Å². The van der Waals surface area contributed by atoms with Crippen LogP contribution >= 0.6 is 0 Å². The molecule has 2 unspecified atom stereocenters. The maximum atomic E-state index is 9.10. The summed E-state index contributed by atoms with van der Waals surface area (Å²) in [7, 11) is 0. The maximum absolute atomic E-state index is 9.10. The molecule has 3 heteroatoms. The van der Waals surface area contributed by atoms with Crippen molar-refractivity contribution in [1.29, 1.82) is 0 Å². The Balaban J connectivity index is 1.99. The smallest absolute Gasteiger partial charge is 0.0682 e. The molecular weight excluding hydrogens is 214 g/mol. The number of nitrogens with one attached hydrogen (secondary N) is 1. The van der Waals surface area contributed by atoms with Crippen molar-refractivity contribution in [1.82, 2.24) is 0 Å². The molecule has 0 aromatic heterocycles. The standard InChI is InChI=1S/C14H21NO2/c1-10-6-14(7-11(2)17-10)15-13-5-3-4-12(8-13)9-16/h3-5,8,10-11,14-16H,6-7,9H2,1-2H3. The lowest BCUT2D eigenvalue weighted by atomic mass is 9.99. The number of benzene rings is 1. The first-order chi connectivity index (χ1) is 8.17. The third-order valence-corrected chi connectivity index (χ3v) is 3.18. The lowest BCUT2D eigenvalue weighted by Gasteiger charge is -2.33. The second kappa shape index (κ2) is 5.52. The first kappa shape index (κ1) is 12.4. The molecule has 1 heterocycles. The monoisotopic (exact) mass is 235 g/mol. The molecule has 3 nitrogen and oxygen atoms in total. The van der Waals surface area contributed by atoms with Gasteiger partial charge in [0.1, 0.15) is 0 Å². The third kappa shape index (κ3) is 3.45. The van der Waals surface area contributed by atoms with E-state index in [1.54, 1.807) is 0 Å². The molecule has 0 bridgehead atoms. The molecule has 0 radical (unpaired) electrons.